The lowest BCUT2D eigenvalue weighted by Crippen LogP contribution is -2.33. The van der Waals surface area contributed by atoms with Gasteiger partial charge < -0.3 is 15.0 Å². The Bertz CT molecular complexity index is 787. The molecule has 2 aliphatic heterocycles. The van der Waals surface area contributed by atoms with Crippen LogP contribution < -0.4 is 10.1 Å². The van der Waals surface area contributed by atoms with Crippen molar-refractivity contribution in [2.24, 2.45) is 0 Å². The Labute approximate surface area is 152 Å². The van der Waals surface area contributed by atoms with Crippen LogP contribution in [-0.2, 0) is 6.54 Å². The molecule has 0 radical (unpaired) electrons. The van der Waals surface area contributed by atoms with Crippen molar-refractivity contribution in [3.05, 3.63) is 64.2 Å². The van der Waals surface area contributed by atoms with Gasteiger partial charge in [-0.25, -0.2) is 0 Å². The van der Waals surface area contributed by atoms with Gasteiger partial charge in [-0.1, -0.05) is 29.8 Å². The zero-order valence-corrected chi connectivity index (χ0v) is 14.8. The van der Waals surface area contributed by atoms with Crippen LogP contribution in [0, 0.1) is 0 Å². The van der Waals surface area contributed by atoms with E-state index in [4.69, 9.17) is 16.3 Å². The Hall–Kier alpha value is -2.04. The third-order valence-corrected chi connectivity index (χ3v) is 5.22. The molecular formula is C20H21ClN2O2. The van der Waals surface area contributed by atoms with Gasteiger partial charge in [-0.2, -0.15) is 0 Å². The molecule has 130 valence electrons. The number of hydrogen-bond donors (Lipinski definition) is 1. The number of rotatable bonds is 2. The van der Waals surface area contributed by atoms with Crippen LogP contribution in [0.2, 0.25) is 5.02 Å². The van der Waals surface area contributed by atoms with E-state index in [1.165, 1.54) is 0 Å². The molecule has 0 saturated carbocycles. The SMILES string of the molecule is O=C(c1ccccc1[C@@H]1CCNC1)N1CCOc2ccc(Cl)cc2C1. The lowest BCUT2D eigenvalue weighted by molar-refractivity contribution is 0.0731. The van der Waals surface area contributed by atoms with Crippen molar-refractivity contribution in [3.8, 4) is 5.75 Å². The molecule has 1 saturated heterocycles. The van der Waals surface area contributed by atoms with Gasteiger partial charge in [-0.05, 0) is 48.7 Å². The molecule has 0 spiro atoms. The van der Waals surface area contributed by atoms with E-state index < -0.39 is 0 Å². The van der Waals surface area contributed by atoms with Crippen molar-refractivity contribution >= 4 is 17.5 Å². The van der Waals surface area contributed by atoms with Gasteiger partial charge in [-0.15, -0.1) is 0 Å². The Balaban J connectivity index is 1.63. The summed E-state index contributed by atoms with van der Waals surface area (Å²) in [7, 11) is 0. The van der Waals surface area contributed by atoms with Gasteiger partial charge in [0.15, 0.2) is 0 Å². The maximum absolute atomic E-state index is 13.2. The number of ether oxygens (including phenoxy) is 1. The van der Waals surface area contributed by atoms with Crippen molar-refractivity contribution in [1.82, 2.24) is 10.2 Å². The normalized spacial score (nSPS) is 19.9. The summed E-state index contributed by atoms with van der Waals surface area (Å²) in [6.07, 6.45) is 1.08. The highest BCUT2D eigenvalue weighted by atomic mass is 35.5. The van der Waals surface area contributed by atoms with Crippen molar-refractivity contribution < 1.29 is 9.53 Å². The van der Waals surface area contributed by atoms with Gasteiger partial charge in [0.25, 0.3) is 5.91 Å². The molecule has 1 fully saturated rings. The van der Waals surface area contributed by atoms with E-state index in [-0.39, 0.29) is 5.91 Å². The van der Waals surface area contributed by atoms with Crippen molar-refractivity contribution in [3.63, 3.8) is 0 Å². The zero-order valence-electron chi connectivity index (χ0n) is 14.0. The second-order valence-electron chi connectivity index (χ2n) is 6.60. The molecule has 25 heavy (non-hydrogen) atoms. The second kappa shape index (κ2) is 7.06. The number of nitrogens with zero attached hydrogens (tertiary/aromatic N) is 1. The summed E-state index contributed by atoms with van der Waals surface area (Å²) >= 11 is 6.12. The zero-order chi connectivity index (χ0) is 17.2. The highest BCUT2D eigenvalue weighted by molar-refractivity contribution is 6.30. The van der Waals surface area contributed by atoms with Crippen LogP contribution in [0.5, 0.6) is 5.75 Å². The topological polar surface area (TPSA) is 41.6 Å². The van der Waals surface area contributed by atoms with Crippen LogP contribution in [0.25, 0.3) is 0 Å². The number of amides is 1. The van der Waals surface area contributed by atoms with Crippen molar-refractivity contribution in [1.29, 1.82) is 0 Å². The van der Waals surface area contributed by atoms with Gasteiger partial charge in [-0.3, -0.25) is 4.79 Å². The average Bonchev–Trinajstić information content (AvgIpc) is 3.08. The van der Waals surface area contributed by atoms with Crippen LogP contribution in [0.15, 0.2) is 42.5 Å². The fourth-order valence-corrected chi connectivity index (χ4v) is 3.87. The van der Waals surface area contributed by atoms with Gasteiger partial charge >= 0.3 is 0 Å². The van der Waals surface area contributed by atoms with Crippen LogP contribution >= 0.6 is 11.6 Å². The first-order valence-corrected chi connectivity index (χ1v) is 9.10. The van der Waals surface area contributed by atoms with Gasteiger partial charge in [0.2, 0.25) is 0 Å². The third kappa shape index (κ3) is 3.37. The lowest BCUT2D eigenvalue weighted by Gasteiger charge is -2.23. The van der Waals surface area contributed by atoms with E-state index >= 15 is 0 Å². The molecule has 5 heteroatoms. The van der Waals surface area contributed by atoms with Crippen LogP contribution in [0.1, 0.15) is 33.8 Å². The number of carbonyl (C=O) groups is 1. The molecule has 0 aliphatic carbocycles. The minimum atomic E-state index is 0.0684. The molecule has 0 unspecified atom stereocenters. The lowest BCUT2D eigenvalue weighted by atomic mass is 9.93. The highest BCUT2D eigenvalue weighted by Crippen LogP contribution is 2.29. The summed E-state index contributed by atoms with van der Waals surface area (Å²) in [6.45, 7) is 3.53. The summed E-state index contributed by atoms with van der Waals surface area (Å²) < 4.78 is 5.79. The maximum atomic E-state index is 13.2. The second-order valence-corrected chi connectivity index (χ2v) is 7.04. The molecule has 1 N–H and O–H groups in total. The molecule has 4 rings (SSSR count). The minimum absolute atomic E-state index is 0.0684. The Morgan fingerprint density at radius 3 is 2.96 bits per heavy atom. The Morgan fingerprint density at radius 2 is 2.12 bits per heavy atom. The van der Waals surface area contributed by atoms with E-state index in [2.05, 4.69) is 11.4 Å². The molecule has 1 amide bonds. The first kappa shape index (κ1) is 16.4. The number of halogens is 1. The molecule has 4 nitrogen and oxygen atoms in total. The van der Waals surface area contributed by atoms with E-state index in [1.807, 2.05) is 41.3 Å². The maximum Gasteiger partial charge on any atom is 0.254 e. The van der Waals surface area contributed by atoms with Crippen LogP contribution in [0.4, 0.5) is 0 Å². The van der Waals surface area contributed by atoms with Crippen LogP contribution in [-0.4, -0.2) is 37.0 Å². The average molecular weight is 357 g/mol. The molecule has 2 aliphatic rings. The number of fused-ring (bicyclic) bond motifs is 1. The number of hydrogen-bond acceptors (Lipinski definition) is 3. The summed E-state index contributed by atoms with van der Waals surface area (Å²) in [6, 6.07) is 13.6. The smallest absolute Gasteiger partial charge is 0.254 e. The molecule has 2 aromatic carbocycles. The van der Waals surface area contributed by atoms with E-state index in [0.717, 1.165) is 42.0 Å². The summed E-state index contributed by atoms with van der Waals surface area (Å²) in [5.41, 5.74) is 2.91. The number of benzene rings is 2. The van der Waals surface area contributed by atoms with Crippen molar-refractivity contribution in [2.45, 2.75) is 18.9 Å². The molecular weight excluding hydrogens is 336 g/mol. The first-order chi connectivity index (χ1) is 12.2. The highest BCUT2D eigenvalue weighted by Gasteiger charge is 2.26. The van der Waals surface area contributed by atoms with Gasteiger partial charge in [0, 0.05) is 29.2 Å². The van der Waals surface area contributed by atoms with Crippen molar-refractivity contribution in [2.75, 3.05) is 26.2 Å². The summed E-state index contributed by atoms with van der Waals surface area (Å²) in [5.74, 6) is 1.29. The van der Waals surface area contributed by atoms with E-state index in [1.54, 1.807) is 0 Å². The van der Waals surface area contributed by atoms with E-state index in [9.17, 15) is 4.79 Å². The molecule has 0 aromatic heterocycles. The Morgan fingerprint density at radius 1 is 1.24 bits per heavy atom. The Kier molecular flexibility index (Phi) is 4.64. The minimum Gasteiger partial charge on any atom is -0.491 e. The summed E-state index contributed by atoms with van der Waals surface area (Å²) in [5, 5.41) is 4.05. The largest absolute Gasteiger partial charge is 0.491 e. The molecule has 2 heterocycles. The monoisotopic (exact) mass is 356 g/mol. The quantitative estimate of drug-likeness (QED) is 0.896. The van der Waals surface area contributed by atoms with Gasteiger partial charge in [0.05, 0.1) is 6.54 Å². The standard InChI is InChI=1S/C20H21ClN2O2/c21-16-5-6-19-15(11-16)13-23(9-10-25-19)20(24)18-4-2-1-3-17(18)14-7-8-22-12-14/h1-6,11,14,22H,7-10,12-13H2/t14-/m1/s1. The van der Waals surface area contributed by atoms with Gasteiger partial charge in [0.1, 0.15) is 12.4 Å². The number of carbonyl (C=O) groups excluding carboxylic acids is 1. The molecule has 0 bridgehead atoms. The fraction of sp³-hybridized carbons (Fsp3) is 0.350. The van der Waals surface area contributed by atoms with Crippen LogP contribution in [0.3, 0.4) is 0 Å². The predicted octanol–water partition coefficient (Wildman–Crippen LogP) is 3.45. The predicted molar refractivity (Wildman–Crippen MR) is 98.4 cm³/mol. The third-order valence-electron chi connectivity index (χ3n) is 4.98. The molecule has 2 aromatic rings. The molecule has 1 atom stereocenters. The van der Waals surface area contributed by atoms with E-state index in [0.29, 0.717) is 30.6 Å². The fourth-order valence-electron chi connectivity index (χ4n) is 3.67. The first-order valence-electron chi connectivity index (χ1n) is 8.72. The number of nitrogens with one attached hydrogen (secondary N) is 1. The summed E-state index contributed by atoms with van der Waals surface area (Å²) in [4.78, 5) is 15.1.